The van der Waals surface area contributed by atoms with Crippen LogP contribution in [0, 0.1) is 0 Å². The molecule has 0 saturated carbocycles. The van der Waals surface area contributed by atoms with Crippen LogP contribution in [0.25, 0.3) is 5.65 Å². The fourth-order valence-electron chi connectivity index (χ4n) is 1.15. The van der Waals surface area contributed by atoms with Crippen LogP contribution in [0.1, 0.15) is 0 Å². The van der Waals surface area contributed by atoms with Crippen LogP contribution in [-0.2, 0) is 0 Å². The second kappa shape index (κ2) is 3.54. The zero-order valence-corrected chi connectivity index (χ0v) is 7.83. The fourth-order valence-corrected chi connectivity index (χ4v) is 1.15. The number of fused-ring (bicyclic) bond motifs is 1. The first-order valence-corrected chi connectivity index (χ1v) is 4.28. The molecule has 2 aromatic rings. The molecule has 0 unspecified atom stereocenters. The summed E-state index contributed by atoms with van der Waals surface area (Å²) in [6, 6.07) is 3.68. The number of likely N-dealkylation sites (N-methyl/N-ethyl adjacent to an activating group) is 1. The predicted octanol–water partition coefficient (Wildman–Crippen LogP) is -1.09. The highest BCUT2D eigenvalue weighted by atomic mass is 15.6. The first-order chi connectivity index (χ1) is 6.81. The molecule has 2 heterocycles. The second-order valence-corrected chi connectivity index (χ2v) is 2.93. The van der Waals surface area contributed by atoms with Crippen molar-refractivity contribution in [1.82, 2.24) is 25.3 Å². The van der Waals surface area contributed by atoms with E-state index in [1.54, 1.807) is 0 Å². The maximum Gasteiger partial charge on any atom is 0.200 e. The SMILES string of the molecule is CN(CCN)c1ccc2nnnn2n1. The minimum atomic E-state index is 0.589. The van der Waals surface area contributed by atoms with Crippen molar-refractivity contribution in [2.24, 2.45) is 5.73 Å². The van der Waals surface area contributed by atoms with Gasteiger partial charge in [-0.2, -0.15) is 0 Å². The number of hydrogen-bond donors (Lipinski definition) is 1. The van der Waals surface area contributed by atoms with Gasteiger partial charge in [0.15, 0.2) is 11.5 Å². The fraction of sp³-hybridized carbons (Fsp3) is 0.429. The van der Waals surface area contributed by atoms with Gasteiger partial charge in [-0.15, -0.1) is 14.8 Å². The molecule has 0 radical (unpaired) electrons. The molecule has 0 aliphatic heterocycles. The van der Waals surface area contributed by atoms with Gasteiger partial charge in [-0.25, -0.2) is 0 Å². The van der Waals surface area contributed by atoms with Gasteiger partial charge in [0.1, 0.15) is 0 Å². The monoisotopic (exact) mass is 193 g/mol. The summed E-state index contributed by atoms with van der Waals surface area (Å²) in [5.41, 5.74) is 6.08. The van der Waals surface area contributed by atoms with Crippen molar-refractivity contribution in [3.8, 4) is 0 Å². The summed E-state index contributed by atoms with van der Waals surface area (Å²) in [5, 5.41) is 15.2. The van der Waals surface area contributed by atoms with E-state index in [2.05, 4.69) is 20.6 Å². The van der Waals surface area contributed by atoms with E-state index in [1.807, 2.05) is 24.1 Å². The van der Waals surface area contributed by atoms with Gasteiger partial charge in [0, 0.05) is 20.1 Å². The first-order valence-electron chi connectivity index (χ1n) is 4.28. The molecule has 0 aliphatic carbocycles. The van der Waals surface area contributed by atoms with Crippen molar-refractivity contribution in [2.75, 3.05) is 25.0 Å². The lowest BCUT2D eigenvalue weighted by Gasteiger charge is -2.15. The van der Waals surface area contributed by atoms with Gasteiger partial charge in [-0.05, 0) is 22.6 Å². The lowest BCUT2D eigenvalue weighted by Crippen LogP contribution is -2.26. The Morgan fingerprint density at radius 1 is 1.50 bits per heavy atom. The number of anilines is 1. The summed E-state index contributed by atoms with van der Waals surface area (Å²) in [4.78, 5) is 1.95. The van der Waals surface area contributed by atoms with Gasteiger partial charge in [-0.1, -0.05) is 0 Å². The summed E-state index contributed by atoms with van der Waals surface area (Å²) in [7, 11) is 1.92. The molecule has 0 aromatic carbocycles. The third kappa shape index (κ3) is 1.49. The van der Waals surface area contributed by atoms with Crippen molar-refractivity contribution < 1.29 is 0 Å². The van der Waals surface area contributed by atoms with Crippen LogP contribution >= 0.6 is 0 Å². The molecule has 0 aliphatic rings. The Labute approximate surface area is 80.5 Å². The molecule has 2 N–H and O–H groups in total. The van der Waals surface area contributed by atoms with Crippen LogP contribution < -0.4 is 10.6 Å². The lowest BCUT2D eigenvalue weighted by molar-refractivity contribution is 0.720. The molecule has 74 valence electrons. The quantitative estimate of drug-likeness (QED) is 0.667. The number of hydrogen-bond acceptors (Lipinski definition) is 6. The van der Waals surface area contributed by atoms with Crippen LogP contribution in [0.15, 0.2) is 12.1 Å². The van der Waals surface area contributed by atoms with Crippen LogP contribution in [0.5, 0.6) is 0 Å². The summed E-state index contributed by atoms with van der Waals surface area (Å²) in [5.74, 6) is 0.801. The third-order valence-corrected chi connectivity index (χ3v) is 1.91. The largest absolute Gasteiger partial charge is 0.357 e. The van der Waals surface area contributed by atoms with Crippen LogP contribution in [0.4, 0.5) is 5.82 Å². The topological polar surface area (TPSA) is 85.2 Å². The average molecular weight is 193 g/mol. The molecule has 2 rings (SSSR count). The van der Waals surface area contributed by atoms with Crippen molar-refractivity contribution in [2.45, 2.75) is 0 Å². The third-order valence-electron chi connectivity index (χ3n) is 1.91. The molecule has 7 heteroatoms. The number of tetrazole rings is 1. The van der Waals surface area contributed by atoms with Gasteiger partial charge >= 0.3 is 0 Å². The minimum Gasteiger partial charge on any atom is -0.357 e. The molecular weight excluding hydrogens is 182 g/mol. The number of nitrogens with two attached hydrogens (primary N) is 1. The Morgan fingerprint density at radius 2 is 2.36 bits per heavy atom. The maximum atomic E-state index is 5.44. The Balaban J connectivity index is 2.33. The molecule has 7 nitrogen and oxygen atoms in total. The zero-order valence-electron chi connectivity index (χ0n) is 7.83. The van der Waals surface area contributed by atoms with Crippen molar-refractivity contribution in [1.29, 1.82) is 0 Å². The minimum absolute atomic E-state index is 0.589. The second-order valence-electron chi connectivity index (χ2n) is 2.93. The smallest absolute Gasteiger partial charge is 0.200 e. The molecule has 0 fully saturated rings. The highest BCUT2D eigenvalue weighted by Gasteiger charge is 2.03. The number of rotatable bonds is 3. The molecule has 0 bridgehead atoms. The summed E-state index contributed by atoms with van der Waals surface area (Å²) in [6.45, 7) is 1.34. The molecule has 0 atom stereocenters. The van der Waals surface area contributed by atoms with E-state index in [0.717, 1.165) is 12.4 Å². The van der Waals surface area contributed by atoms with Crippen molar-refractivity contribution in [3.05, 3.63) is 12.1 Å². The van der Waals surface area contributed by atoms with E-state index in [0.29, 0.717) is 12.2 Å². The molecule has 2 aromatic heterocycles. The maximum absolute atomic E-state index is 5.44. The van der Waals surface area contributed by atoms with Crippen molar-refractivity contribution in [3.63, 3.8) is 0 Å². The highest BCUT2D eigenvalue weighted by Crippen LogP contribution is 2.07. The Kier molecular flexibility index (Phi) is 2.23. The Hall–Kier alpha value is -1.76. The molecule has 0 saturated heterocycles. The van der Waals surface area contributed by atoms with E-state index in [4.69, 9.17) is 5.73 Å². The molecule has 0 spiro atoms. The molecule has 14 heavy (non-hydrogen) atoms. The van der Waals surface area contributed by atoms with Gasteiger partial charge in [-0.3, -0.25) is 0 Å². The summed E-state index contributed by atoms with van der Waals surface area (Å²) < 4.78 is 1.39. The van der Waals surface area contributed by atoms with Gasteiger partial charge in [0.25, 0.3) is 0 Å². The number of aromatic nitrogens is 5. The van der Waals surface area contributed by atoms with E-state index in [-0.39, 0.29) is 0 Å². The normalized spacial score (nSPS) is 10.7. The van der Waals surface area contributed by atoms with Crippen LogP contribution in [-0.4, -0.2) is 45.4 Å². The number of nitrogens with zero attached hydrogens (tertiary/aromatic N) is 6. The zero-order chi connectivity index (χ0) is 9.97. The Bertz CT molecular complexity index is 423. The lowest BCUT2D eigenvalue weighted by atomic mass is 10.4. The van der Waals surface area contributed by atoms with Gasteiger partial charge in [0.2, 0.25) is 0 Å². The highest BCUT2D eigenvalue weighted by molar-refractivity contribution is 5.43. The average Bonchev–Trinajstić information content (AvgIpc) is 2.64. The van der Waals surface area contributed by atoms with E-state index in [1.165, 1.54) is 4.63 Å². The van der Waals surface area contributed by atoms with Crippen LogP contribution in [0.3, 0.4) is 0 Å². The van der Waals surface area contributed by atoms with Gasteiger partial charge < -0.3 is 10.6 Å². The van der Waals surface area contributed by atoms with E-state index >= 15 is 0 Å². The van der Waals surface area contributed by atoms with E-state index in [9.17, 15) is 0 Å². The summed E-state index contributed by atoms with van der Waals surface area (Å²) in [6.07, 6.45) is 0. The predicted molar refractivity (Wildman–Crippen MR) is 50.9 cm³/mol. The summed E-state index contributed by atoms with van der Waals surface area (Å²) >= 11 is 0. The van der Waals surface area contributed by atoms with E-state index < -0.39 is 0 Å². The first kappa shape index (κ1) is 8.82. The van der Waals surface area contributed by atoms with Crippen molar-refractivity contribution >= 4 is 11.5 Å². The Morgan fingerprint density at radius 3 is 3.14 bits per heavy atom. The standard InChI is InChI=1S/C7H11N7/c1-13(5-4-8)7-3-2-6-9-11-12-14(6)10-7/h2-3H,4-5,8H2,1H3. The molecule has 0 amide bonds. The van der Waals surface area contributed by atoms with Crippen LogP contribution in [0.2, 0.25) is 0 Å². The van der Waals surface area contributed by atoms with Gasteiger partial charge in [0.05, 0.1) is 0 Å². The molecular formula is C7H11N7.